The highest BCUT2D eigenvalue weighted by Crippen LogP contribution is 2.14. The molecule has 0 aliphatic heterocycles. The Bertz CT molecular complexity index is 663. The van der Waals surface area contributed by atoms with Crippen molar-refractivity contribution >= 4 is 5.65 Å². The second-order valence-electron chi connectivity index (χ2n) is 3.51. The van der Waals surface area contributed by atoms with Crippen molar-refractivity contribution in [2.45, 2.75) is 0 Å². The van der Waals surface area contributed by atoms with Gasteiger partial charge in [-0.25, -0.2) is 4.98 Å². The van der Waals surface area contributed by atoms with E-state index in [1.807, 2.05) is 35.0 Å². The van der Waals surface area contributed by atoms with E-state index in [-0.39, 0.29) is 5.56 Å². The fourth-order valence-corrected chi connectivity index (χ4v) is 1.69. The molecule has 4 heteroatoms. The van der Waals surface area contributed by atoms with Gasteiger partial charge in [0, 0.05) is 18.6 Å². The van der Waals surface area contributed by atoms with Gasteiger partial charge in [0.1, 0.15) is 5.65 Å². The summed E-state index contributed by atoms with van der Waals surface area (Å²) in [6.07, 6.45) is 5.37. The molecule has 3 aromatic heterocycles. The average Bonchev–Trinajstić information content (AvgIpc) is 2.73. The Kier molecular flexibility index (Phi) is 1.86. The number of fused-ring (bicyclic) bond motifs is 1. The number of nitrogens with one attached hydrogen (secondary N) is 1. The summed E-state index contributed by atoms with van der Waals surface area (Å²) in [6.45, 7) is 0. The first-order chi connectivity index (χ1) is 7.84. The second kappa shape index (κ2) is 3.34. The molecule has 0 atom stereocenters. The molecule has 78 valence electrons. The predicted molar refractivity (Wildman–Crippen MR) is 61.2 cm³/mol. The van der Waals surface area contributed by atoms with E-state index in [4.69, 9.17) is 0 Å². The third-order valence-corrected chi connectivity index (χ3v) is 2.46. The lowest BCUT2D eigenvalue weighted by molar-refractivity contribution is 1.19. The van der Waals surface area contributed by atoms with Crippen LogP contribution in [0.15, 0.2) is 53.7 Å². The predicted octanol–water partition coefficient (Wildman–Crippen LogP) is 1.69. The maximum atomic E-state index is 11.6. The number of H-pyrrole nitrogens is 1. The highest BCUT2D eigenvalue weighted by molar-refractivity contribution is 5.61. The van der Waals surface area contributed by atoms with Crippen molar-refractivity contribution in [2.24, 2.45) is 0 Å². The molecule has 0 aliphatic carbocycles. The molecule has 1 N–H and O–H groups in total. The van der Waals surface area contributed by atoms with E-state index >= 15 is 0 Å². The van der Waals surface area contributed by atoms with E-state index in [2.05, 4.69) is 9.97 Å². The van der Waals surface area contributed by atoms with Crippen molar-refractivity contribution < 1.29 is 0 Å². The summed E-state index contributed by atoms with van der Waals surface area (Å²) in [5, 5.41) is 0. The Morgan fingerprint density at radius 2 is 2.12 bits per heavy atom. The fourth-order valence-electron chi connectivity index (χ4n) is 1.69. The minimum atomic E-state index is -0.120. The highest BCUT2D eigenvalue weighted by atomic mass is 16.1. The van der Waals surface area contributed by atoms with Crippen LogP contribution in [-0.2, 0) is 0 Å². The van der Waals surface area contributed by atoms with E-state index in [9.17, 15) is 4.79 Å². The van der Waals surface area contributed by atoms with Gasteiger partial charge in [-0.1, -0.05) is 6.07 Å². The molecule has 0 radical (unpaired) electrons. The van der Waals surface area contributed by atoms with Gasteiger partial charge in [0.2, 0.25) is 0 Å². The first-order valence-electron chi connectivity index (χ1n) is 4.96. The van der Waals surface area contributed by atoms with E-state index < -0.39 is 0 Å². The van der Waals surface area contributed by atoms with Crippen LogP contribution < -0.4 is 5.56 Å². The molecule has 3 rings (SSSR count). The number of nitrogens with zero attached hydrogens (tertiary/aromatic N) is 2. The summed E-state index contributed by atoms with van der Waals surface area (Å²) in [4.78, 5) is 18.6. The molecular formula is C12H9N3O. The van der Waals surface area contributed by atoms with Crippen LogP contribution in [0.2, 0.25) is 0 Å². The van der Waals surface area contributed by atoms with Crippen molar-refractivity contribution in [3.63, 3.8) is 0 Å². The number of rotatable bonds is 1. The van der Waals surface area contributed by atoms with Crippen LogP contribution in [0.25, 0.3) is 16.9 Å². The van der Waals surface area contributed by atoms with Gasteiger partial charge in [-0.2, -0.15) is 0 Å². The quantitative estimate of drug-likeness (QED) is 0.665. The lowest BCUT2D eigenvalue weighted by Crippen LogP contribution is -2.06. The van der Waals surface area contributed by atoms with Crippen LogP contribution in [0, 0.1) is 0 Å². The summed E-state index contributed by atoms with van der Waals surface area (Å²) < 4.78 is 1.89. The van der Waals surface area contributed by atoms with Crippen molar-refractivity contribution in [1.29, 1.82) is 0 Å². The number of pyridine rings is 2. The highest BCUT2D eigenvalue weighted by Gasteiger charge is 2.06. The Morgan fingerprint density at radius 1 is 1.19 bits per heavy atom. The topological polar surface area (TPSA) is 50.2 Å². The Labute approximate surface area is 91.2 Å². The first kappa shape index (κ1) is 8.91. The monoisotopic (exact) mass is 211 g/mol. The maximum absolute atomic E-state index is 11.6. The van der Waals surface area contributed by atoms with Crippen molar-refractivity contribution in [1.82, 2.24) is 14.4 Å². The van der Waals surface area contributed by atoms with Crippen LogP contribution in [0.5, 0.6) is 0 Å². The van der Waals surface area contributed by atoms with Gasteiger partial charge in [-0.3, -0.25) is 4.79 Å². The normalized spacial score (nSPS) is 10.8. The third kappa shape index (κ3) is 1.32. The second-order valence-corrected chi connectivity index (χ2v) is 3.51. The molecule has 0 fully saturated rings. The number of aromatic amines is 1. The molecule has 3 heterocycles. The smallest absolute Gasteiger partial charge is 0.257 e. The lowest BCUT2D eigenvalue weighted by Gasteiger charge is -1.91. The van der Waals surface area contributed by atoms with E-state index in [1.165, 1.54) is 0 Å². The van der Waals surface area contributed by atoms with Crippen LogP contribution in [-0.4, -0.2) is 14.4 Å². The summed E-state index contributed by atoms with van der Waals surface area (Å²) in [5.41, 5.74) is 1.99. The molecule has 3 aromatic rings. The summed E-state index contributed by atoms with van der Waals surface area (Å²) in [7, 11) is 0. The molecular weight excluding hydrogens is 202 g/mol. The Morgan fingerprint density at radius 3 is 2.94 bits per heavy atom. The summed E-state index contributed by atoms with van der Waals surface area (Å²) >= 11 is 0. The Hall–Kier alpha value is -2.36. The molecule has 0 aromatic carbocycles. The number of imidazole rings is 1. The Balaban J connectivity index is 2.27. The number of aromatic nitrogens is 3. The number of hydrogen-bond acceptors (Lipinski definition) is 2. The van der Waals surface area contributed by atoms with Gasteiger partial charge >= 0.3 is 0 Å². The van der Waals surface area contributed by atoms with E-state index in [0.717, 1.165) is 5.65 Å². The fraction of sp³-hybridized carbons (Fsp3) is 0. The third-order valence-electron chi connectivity index (χ3n) is 2.46. The average molecular weight is 211 g/mol. The maximum Gasteiger partial charge on any atom is 0.257 e. The molecule has 0 spiro atoms. The van der Waals surface area contributed by atoms with Gasteiger partial charge in [0.05, 0.1) is 11.3 Å². The zero-order chi connectivity index (χ0) is 11.0. The van der Waals surface area contributed by atoms with Crippen LogP contribution >= 0.6 is 0 Å². The zero-order valence-corrected chi connectivity index (χ0v) is 8.42. The molecule has 0 saturated carbocycles. The van der Waals surface area contributed by atoms with Crippen molar-refractivity contribution in [3.8, 4) is 11.3 Å². The van der Waals surface area contributed by atoms with Gasteiger partial charge in [-0.15, -0.1) is 0 Å². The molecule has 16 heavy (non-hydrogen) atoms. The van der Waals surface area contributed by atoms with Gasteiger partial charge in [0.25, 0.3) is 5.56 Å². The SMILES string of the molecule is O=c1[nH]cccc1-c1cn2ccccc2n1. The molecule has 0 unspecified atom stereocenters. The van der Waals surface area contributed by atoms with Crippen LogP contribution in [0.1, 0.15) is 0 Å². The van der Waals surface area contributed by atoms with Gasteiger partial charge in [0.15, 0.2) is 0 Å². The van der Waals surface area contributed by atoms with Crippen LogP contribution in [0.4, 0.5) is 0 Å². The largest absolute Gasteiger partial charge is 0.329 e. The molecule has 4 nitrogen and oxygen atoms in total. The first-order valence-corrected chi connectivity index (χ1v) is 4.96. The lowest BCUT2D eigenvalue weighted by atomic mass is 10.2. The molecule has 0 bridgehead atoms. The minimum Gasteiger partial charge on any atom is -0.329 e. The zero-order valence-electron chi connectivity index (χ0n) is 8.42. The van der Waals surface area contributed by atoms with Gasteiger partial charge in [-0.05, 0) is 24.3 Å². The molecule has 0 aliphatic rings. The van der Waals surface area contributed by atoms with E-state index in [1.54, 1.807) is 18.3 Å². The van der Waals surface area contributed by atoms with Crippen molar-refractivity contribution in [2.75, 3.05) is 0 Å². The summed E-state index contributed by atoms with van der Waals surface area (Å²) in [5.74, 6) is 0. The molecule has 0 saturated heterocycles. The van der Waals surface area contributed by atoms with Crippen LogP contribution in [0.3, 0.4) is 0 Å². The van der Waals surface area contributed by atoms with Gasteiger partial charge < -0.3 is 9.38 Å². The van der Waals surface area contributed by atoms with E-state index in [0.29, 0.717) is 11.3 Å². The van der Waals surface area contributed by atoms with Crippen molar-refractivity contribution in [3.05, 3.63) is 59.3 Å². The number of hydrogen-bond donors (Lipinski definition) is 1. The minimum absolute atomic E-state index is 0.120. The summed E-state index contributed by atoms with van der Waals surface area (Å²) in [6, 6.07) is 9.30. The standard InChI is InChI=1S/C12H9N3O/c16-12-9(4-3-6-13-12)10-8-15-7-2-1-5-11(15)14-10/h1-8H,(H,13,16). The molecule has 0 amide bonds.